The highest BCUT2D eigenvalue weighted by atomic mass is 32.2. The molecule has 5 atom stereocenters. The minimum absolute atomic E-state index is 0.0176. The van der Waals surface area contributed by atoms with E-state index >= 15 is 0 Å². The van der Waals surface area contributed by atoms with E-state index < -0.39 is 74.8 Å². The topological polar surface area (TPSA) is 183 Å². The van der Waals surface area contributed by atoms with E-state index in [9.17, 15) is 36.8 Å². The zero-order valence-corrected chi connectivity index (χ0v) is 30.6. The predicted octanol–water partition coefficient (Wildman–Crippen LogP) is 2.90. The van der Waals surface area contributed by atoms with Crippen LogP contribution in [-0.2, 0) is 42.1 Å². The maximum atomic E-state index is 14.4. The van der Waals surface area contributed by atoms with Crippen LogP contribution in [0.25, 0.3) is 0 Å². The standard InChI is InChI=1S/C37H49FN6O8S/c38-29-13-8-9-23-21-43(18-17-28(23)29)36(49)52-26-19-31-32(45)41-37(34(47)42-53(50,51)27-15-16-27)20-24(37)10-4-2-1-3-5-14-30(33(46)44(31)22-26)40-35(48)39-25-11-6-7-12-25/h4,8-10,13,24-27,30-31H,1-3,5-7,11-12,14-22H2,(H,41,45)(H,42,47)(H2,39,40,48)/b10-4-/t24-,26-,30+,31+,37-/m1/s1. The largest absolute Gasteiger partial charge is 0.444 e. The average molecular weight is 757 g/mol. The molecule has 14 nitrogen and oxygen atoms in total. The van der Waals surface area contributed by atoms with Gasteiger partial charge in [-0.1, -0.05) is 50.0 Å². The van der Waals surface area contributed by atoms with Gasteiger partial charge in [0.05, 0.1) is 11.8 Å². The second-order valence-corrected chi connectivity index (χ2v) is 17.4. The van der Waals surface area contributed by atoms with Gasteiger partial charge in [-0.2, -0.15) is 0 Å². The predicted molar refractivity (Wildman–Crippen MR) is 190 cm³/mol. The van der Waals surface area contributed by atoms with Crippen molar-refractivity contribution >= 4 is 39.9 Å². The summed E-state index contributed by atoms with van der Waals surface area (Å²) in [6.07, 6.45) is 10.5. The lowest BCUT2D eigenvalue weighted by molar-refractivity contribution is -0.141. The number of sulfonamides is 1. The maximum Gasteiger partial charge on any atom is 0.410 e. The van der Waals surface area contributed by atoms with Gasteiger partial charge in [0.2, 0.25) is 21.8 Å². The molecular formula is C37H49FN6O8S. The van der Waals surface area contributed by atoms with Crippen LogP contribution in [0.5, 0.6) is 0 Å². The monoisotopic (exact) mass is 756 g/mol. The van der Waals surface area contributed by atoms with Crippen molar-refractivity contribution in [2.45, 2.75) is 131 Å². The number of rotatable bonds is 6. The Balaban J connectivity index is 1.12. The number of hydrogen-bond donors (Lipinski definition) is 4. The van der Waals surface area contributed by atoms with Crippen LogP contribution in [0.1, 0.15) is 94.6 Å². The van der Waals surface area contributed by atoms with E-state index in [1.807, 2.05) is 12.2 Å². The molecule has 6 aliphatic rings. The second kappa shape index (κ2) is 15.3. The number of nitrogens with zero attached hydrogens (tertiary/aromatic N) is 2. The summed E-state index contributed by atoms with van der Waals surface area (Å²) in [4.78, 5) is 71.7. The Bertz CT molecular complexity index is 1760. The molecule has 3 saturated carbocycles. The minimum Gasteiger partial charge on any atom is -0.444 e. The first-order valence-corrected chi connectivity index (χ1v) is 20.6. The van der Waals surface area contributed by atoms with Crippen LogP contribution in [0.4, 0.5) is 14.0 Å². The molecule has 0 radical (unpaired) electrons. The lowest BCUT2D eigenvalue weighted by Crippen LogP contribution is -2.59. The number of benzene rings is 1. The Hall–Kier alpha value is -4.21. The summed E-state index contributed by atoms with van der Waals surface area (Å²) in [7, 11) is -3.91. The molecule has 16 heteroatoms. The third-order valence-corrected chi connectivity index (χ3v) is 13.4. The Morgan fingerprint density at radius 2 is 1.75 bits per heavy atom. The number of ether oxygens (including phenoxy) is 1. The summed E-state index contributed by atoms with van der Waals surface area (Å²) in [5.41, 5.74) is -0.307. The molecule has 4 N–H and O–H groups in total. The Morgan fingerprint density at radius 3 is 2.53 bits per heavy atom. The fourth-order valence-corrected chi connectivity index (χ4v) is 9.60. The SMILES string of the molecule is O=C(NC1CCCC1)N[C@H]1CCCCC/C=C\[C@@H]2C[C@@]2(C(=O)NS(=O)(=O)C2CC2)NC(=O)[C@@H]2C[C@@H](OC(=O)N3CCc4c(F)cccc4C3)CN2C1=O. The van der Waals surface area contributed by atoms with Gasteiger partial charge in [-0.3, -0.25) is 19.1 Å². The molecule has 1 saturated heterocycles. The number of allylic oxidation sites excluding steroid dienone is 1. The van der Waals surface area contributed by atoms with Gasteiger partial charge >= 0.3 is 12.1 Å². The van der Waals surface area contributed by atoms with E-state index in [1.54, 1.807) is 12.1 Å². The van der Waals surface area contributed by atoms with E-state index in [4.69, 9.17) is 4.74 Å². The first-order chi connectivity index (χ1) is 25.4. The molecule has 3 aliphatic carbocycles. The van der Waals surface area contributed by atoms with E-state index in [0.717, 1.165) is 38.5 Å². The van der Waals surface area contributed by atoms with Gasteiger partial charge in [0.1, 0.15) is 29.5 Å². The molecule has 0 unspecified atom stereocenters. The van der Waals surface area contributed by atoms with E-state index in [1.165, 1.54) is 15.9 Å². The first-order valence-electron chi connectivity index (χ1n) is 19.1. The average Bonchev–Trinajstić information content (AvgIpc) is 4.00. The lowest BCUT2D eigenvalue weighted by atomic mass is 9.99. The second-order valence-electron chi connectivity index (χ2n) is 15.5. The first kappa shape index (κ1) is 37.1. The lowest BCUT2D eigenvalue weighted by Gasteiger charge is -2.30. The van der Waals surface area contributed by atoms with Crippen molar-refractivity contribution in [3.8, 4) is 0 Å². The zero-order chi connectivity index (χ0) is 37.3. The molecule has 53 heavy (non-hydrogen) atoms. The fourth-order valence-electron chi connectivity index (χ4n) is 8.24. The van der Waals surface area contributed by atoms with Crippen molar-refractivity contribution in [3.05, 3.63) is 47.3 Å². The summed E-state index contributed by atoms with van der Waals surface area (Å²) in [5, 5.41) is 8.00. The molecule has 4 fully saturated rings. The molecule has 0 bridgehead atoms. The summed E-state index contributed by atoms with van der Waals surface area (Å²) in [6, 6.07) is 2.13. The molecule has 1 aromatic rings. The Labute approximate surface area is 309 Å². The van der Waals surface area contributed by atoms with Crippen LogP contribution in [0.3, 0.4) is 0 Å². The van der Waals surface area contributed by atoms with Crippen LogP contribution in [0.2, 0.25) is 0 Å². The normalized spacial score (nSPS) is 30.1. The van der Waals surface area contributed by atoms with E-state index in [-0.39, 0.29) is 44.3 Å². The summed E-state index contributed by atoms with van der Waals surface area (Å²) >= 11 is 0. The van der Waals surface area contributed by atoms with Gasteiger partial charge in [0.15, 0.2) is 0 Å². The summed E-state index contributed by atoms with van der Waals surface area (Å²) in [6.45, 7) is 0.233. The Morgan fingerprint density at radius 1 is 0.981 bits per heavy atom. The van der Waals surface area contributed by atoms with Crippen molar-refractivity contribution in [1.29, 1.82) is 0 Å². The highest BCUT2D eigenvalue weighted by Crippen LogP contribution is 2.46. The van der Waals surface area contributed by atoms with Crippen molar-refractivity contribution in [2.24, 2.45) is 5.92 Å². The van der Waals surface area contributed by atoms with Crippen LogP contribution >= 0.6 is 0 Å². The molecule has 3 aliphatic heterocycles. The number of fused-ring (bicyclic) bond motifs is 3. The quantitative estimate of drug-likeness (QED) is 0.320. The number of urea groups is 1. The highest BCUT2D eigenvalue weighted by molar-refractivity contribution is 7.91. The summed E-state index contributed by atoms with van der Waals surface area (Å²) < 4.78 is 48.0. The molecule has 1 aromatic carbocycles. The maximum absolute atomic E-state index is 14.4. The van der Waals surface area contributed by atoms with Crippen molar-refractivity contribution in [1.82, 2.24) is 30.5 Å². The number of halogens is 1. The minimum atomic E-state index is -3.91. The number of nitrogens with one attached hydrogen (secondary N) is 4. The Kier molecular flexibility index (Phi) is 10.7. The smallest absolute Gasteiger partial charge is 0.410 e. The molecule has 0 spiro atoms. The molecule has 3 heterocycles. The zero-order valence-electron chi connectivity index (χ0n) is 29.8. The van der Waals surface area contributed by atoms with Gasteiger partial charge in [-0.25, -0.2) is 22.4 Å². The van der Waals surface area contributed by atoms with Crippen LogP contribution in [-0.4, -0.2) is 96.2 Å². The number of carbonyl (C=O) groups is 5. The third kappa shape index (κ3) is 8.31. The van der Waals surface area contributed by atoms with E-state index in [0.29, 0.717) is 49.7 Å². The molecule has 7 rings (SSSR count). The molecular weight excluding hydrogens is 708 g/mol. The van der Waals surface area contributed by atoms with Gasteiger partial charge in [-0.05, 0) is 75.0 Å². The van der Waals surface area contributed by atoms with Crippen LogP contribution < -0.4 is 20.7 Å². The van der Waals surface area contributed by atoms with Crippen molar-refractivity contribution in [3.63, 3.8) is 0 Å². The van der Waals surface area contributed by atoms with Crippen molar-refractivity contribution in [2.75, 3.05) is 13.1 Å². The van der Waals surface area contributed by atoms with Crippen LogP contribution in [0.15, 0.2) is 30.4 Å². The molecule has 6 amide bonds. The van der Waals surface area contributed by atoms with Crippen molar-refractivity contribution < 1.29 is 41.5 Å². The third-order valence-electron chi connectivity index (χ3n) is 11.6. The van der Waals surface area contributed by atoms with Gasteiger partial charge < -0.3 is 30.5 Å². The number of hydrogen-bond acceptors (Lipinski definition) is 8. The van der Waals surface area contributed by atoms with E-state index in [2.05, 4.69) is 20.7 Å². The highest BCUT2D eigenvalue weighted by Gasteiger charge is 2.62. The van der Waals surface area contributed by atoms with Gasteiger partial charge in [0, 0.05) is 31.5 Å². The van der Waals surface area contributed by atoms with Gasteiger partial charge in [-0.15, -0.1) is 0 Å². The molecule has 288 valence electrons. The van der Waals surface area contributed by atoms with Gasteiger partial charge in [0.25, 0.3) is 5.91 Å². The number of carbonyl (C=O) groups excluding carboxylic acids is 5. The number of amides is 6. The van der Waals surface area contributed by atoms with Crippen LogP contribution in [0, 0.1) is 11.7 Å². The fraction of sp³-hybridized carbons (Fsp3) is 0.649. The molecule has 0 aromatic heterocycles. The summed E-state index contributed by atoms with van der Waals surface area (Å²) in [5.74, 6) is -2.79.